The Kier molecular flexibility index (Phi) is 5.30. The average molecular weight is 428 g/mol. The van der Waals surface area contributed by atoms with Crippen molar-refractivity contribution in [2.45, 2.75) is 56.8 Å². The van der Waals surface area contributed by atoms with Crippen LogP contribution < -0.4 is 4.72 Å². The SMILES string of the molecule is CC(C)NS(=O)(=O)c1cnc(-c2c(C#N)c3ccc(CF)cc3n2C2CCC2)nc1. The van der Waals surface area contributed by atoms with Crippen LogP contribution in [0.5, 0.6) is 0 Å². The molecule has 9 heteroatoms. The summed E-state index contributed by atoms with van der Waals surface area (Å²) in [4.78, 5) is 8.55. The number of halogens is 1. The summed E-state index contributed by atoms with van der Waals surface area (Å²) < 4.78 is 42.5. The van der Waals surface area contributed by atoms with E-state index >= 15 is 0 Å². The Morgan fingerprint density at radius 3 is 2.53 bits per heavy atom. The minimum Gasteiger partial charge on any atom is -0.334 e. The molecule has 4 rings (SSSR count). The molecule has 1 aromatic carbocycles. The number of benzene rings is 1. The summed E-state index contributed by atoms with van der Waals surface area (Å²) >= 11 is 0. The molecule has 0 radical (unpaired) electrons. The van der Waals surface area contributed by atoms with Crippen molar-refractivity contribution in [3.05, 3.63) is 41.7 Å². The van der Waals surface area contributed by atoms with Gasteiger partial charge >= 0.3 is 0 Å². The standard InChI is InChI=1S/C21H22FN5O2S/c1-13(2)26-30(28,29)16-11-24-21(25-12-16)20-18(10-23)17-7-6-14(9-22)8-19(17)27(20)15-4-3-5-15/h6-8,11-13,15,26H,3-5,9H2,1-2H3. The minimum absolute atomic E-state index is 0.0375. The molecule has 1 fully saturated rings. The lowest BCUT2D eigenvalue weighted by Gasteiger charge is -2.29. The molecule has 7 nitrogen and oxygen atoms in total. The first-order valence-corrected chi connectivity index (χ1v) is 11.3. The van der Waals surface area contributed by atoms with Gasteiger partial charge in [0.2, 0.25) is 10.0 Å². The van der Waals surface area contributed by atoms with Crippen LogP contribution in [0, 0.1) is 11.3 Å². The van der Waals surface area contributed by atoms with E-state index in [1.807, 2.05) is 4.57 Å². The third-order valence-electron chi connectivity index (χ3n) is 5.32. The molecule has 3 aromatic rings. The van der Waals surface area contributed by atoms with Gasteiger partial charge in [0, 0.05) is 17.5 Å². The molecule has 1 aliphatic rings. The van der Waals surface area contributed by atoms with E-state index < -0.39 is 16.7 Å². The molecular formula is C21H22FN5O2S. The first-order valence-electron chi connectivity index (χ1n) is 9.83. The van der Waals surface area contributed by atoms with Crippen LogP contribution in [0.4, 0.5) is 4.39 Å². The van der Waals surface area contributed by atoms with Gasteiger partial charge in [-0.3, -0.25) is 0 Å². The summed E-state index contributed by atoms with van der Waals surface area (Å²) in [6.07, 6.45) is 5.49. The van der Waals surface area contributed by atoms with Crippen molar-refractivity contribution in [3.63, 3.8) is 0 Å². The number of aromatic nitrogens is 3. The van der Waals surface area contributed by atoms with Crippen molar-refractivity contribution in [2.75, 3.05) is 0 Å². The minimum atomic E-state index is -3.72. The molecule has 2 heterocycles. The second-order valence-corrected chi connectivity index (χ2v) is 9.51. The number of fused-ring (bicyclic) bond motifs is 1. The fourth-order valence-corrected chi connectivity index (χ4v) is 4.89. The Balaban J connectivity index is 1.89. The quantitative estimate of drug-likeness (QED) is 0.644. The summed E-state index contributed by atoms with van der Waals surface area (Å²) in [7, 11) is -3.72. The Morgan fingerprint density at radius 2 is 2.00 bits per heavy atom. The van der Waals surface area contributed by atoms with Gasteiger partial charge in [0.1, 0.15) is 23.3 Å². The molecule has 1 aliphatic carbocycles. The monoisotopic (exact) mass is 427 g/mol. The maximum atomic E-state index is 13.3. The van der Waals surface area contributed by atoms with Crippen molar-refractivity contribution in [2.24, 2.45) is 0 Å². The predicted molar refractivity (Wildman–Crippen MR) is 111 cm³/mol. The highest BCUT2D eigenvalue weighted by atomic mass is 32.2. The van der Waals surface area contributed by atoms with Crippen molar-refractivity contribution >= 4 is 20.9 Å². The Morgan fingerprint density at radius 1 is 1.30 bits per heavy atom. The van der Waals surface area contributed by atoms with E-state index in [1.54, 1.807) is 32.0 Å². The number of alkyl halides is 1. The fourth-order valence-electron chi connectivity index (χ4n) is 3.75. The summed E-state index contributed by atoms with van der Waals surface area (Å²) in [5.74, 6) is 0.278. The first-order chi connectivity index (χ1) is 14.4. The van der Waals surface area contributed by atoms with Gasteiger partial charge < -0.3 is 4.57 Å². The van der Waals surface area contributed by atoms with E-state index in [4.69, 9.17) is 0 Å². The summed E-state index contributed by atoms with van der Waals surface area (Å²) in [6, 6.07) is 7.36. The molecule has 0 unspecified atom stereocenters. The average Bonchev–Trinajstić information content (AvgIpc) is 2.99. The van der Waals surface area contributed by atoms with Gasteiger partial charge in [0.25, 0.3) is 0 Å². The molecule has 0 spiro atoms. The van der Waals surface area contributed by atoms with E-state index in [-0.39, 0.29) is 22.8 Å². The molecule has 156 valence electrons. The molecule has 0 atom stereocenters. The summed E-state index contributed by atoms with van der Waals surface area (Å²) in [6.45, 7) is 2.87. The second-order valence-electron chi connectivity index (χ2n) is 7.79. The topological polar surface area (TPSA) is 101 Å². The third-order valence-corrected chi connectivity index (χ3v) is 6.93. The van der Waals surface area contributed by atoms with E-state index in [0.29, 0.717) is 16.8 Å². The highest BCUT2D eigenvalue weighted by Crippen LogP contribution is 2.41. The van der Waals surface area contributed by atoms with Gasteiger partial charge in [0.05, 0.1) is 23.5 Å². The van der Waals surface area contributed by atoms with Crippen LogP contribution in [0.3, 0.4) is 0 Å². The number of nitrogens with one attached hydrogen (secondary N) is 1. The van der Waals surface area contributed by atoms with E-state index in [1.165, 1.54) is 12.4 Å². The van der Waals surface area contributed by atoms with E-state index in [9.17, 15) is 18.1 Å². The molecule has 30 heavy (non-hydrogen) atoms. The zero-order valence-corrected chi connectivity index (χ0v) is 17.6. The van der Waals surface area contributed by atoms with Crippen molar-refractivity contribution in [1.82, 2.24) is 19.3 Å². The Hall–Kier alpha value is -2.83. The number of nitriles is 1. The van der Waals surface area contributed by atoms with Gasteiger partial charge in [0.15, 0.2) is 5.82 Å². The van der Waals surface area contributed by atoms with Crippen LogP contribution in [0.15, 0.2) is 35.5 Å². The molecule has 2 aromatic heterocycles. The largest absolute Gasteiger partial charge is 0.334 e. The first kappa shape index (κ1) is 20.4. The fraction of sp³-hybridized carbons (Fsp3) is 0.381. The van der Waals surface area contributed by atoms with Gasteiger partial charge in [-0.05, 0) is 44.7 Å². The maximum absolute atomic E-state index is 13.3. The van der Waals surface area contributed by atoms with Crippen LogP contribution in [0.1, 0.15) is 50.3 Å². The molecule has 0 saturated heterocycles. The van der Waals surface area contributed by atoms with Gasteiger partial charge in [-0.2, -0.15) is 5.26 Å². The molecule has 0 bridgehead atoms. The molecule has 0 aliphatic heterocycles. The number of rotatable bonds is 6. The third kappa shape index (κ3) is 3.46. The normalized spacial score (nSPS) is 14.8. The summed E-state index contributed by atoms with van der Waals surface area (Å²) in [5.41, 5.74) is 2.29. The van der Waals surface area contributed by atoms with Crippen molar-refractivity contribution < 1.29 is 12.8 Å². The molecule has 0 amide bonds. The number of sulfonamides is 1. The summed E-state index contributed by atoms with van der Waals surface area (Å²) in [5, 5.41) is 10.6. The van der Waals surface area contributed by atoms with Crippen molar-refractivity contribution in [3.8, 4) is 17.6 Å². The van der Waals surface area contributed by atoms with E-state index in [0.717, 1.165) is 30.2 Å². The van der Waals surface area contributed by atoms with Crippen LogP contribution in [-0.2, 0) is 16.7 Å². The maximum Gasteiger partial charge on any atom is 0.243 e. The zero-order chi connectivity index (χ0) is 21.5. The van der Waals surface area contributed by atoms with Crippen LogP contribution >= 0.6 is 0 Å². The lowest BCUT2D eigenvalue weighted by atomic mass is 9.92. The van der Waals surface area contributed by atoms with Gasteiger partial charge in [-0.1, -0.05) is 12.1 Å². The lowest BCUT2D eigenvalue weighted by molar-refractivity contribution is 0.323. The lowest BCUT2D eigenvalue weighted by Crippen LogP contribution is -2.30. The highest BCUT2D eigenvalue weighted by Gasteiger charge is 2.29. The van der Waals surface area contributed by atoms with E-state index in [2.05, 4.69) is 20.8 Å². The predicted octanol–water partition coefficient (Wildman–Crippen LogP) is 3.85. The number of hydrogen-bond donors (Lipinski definition) is 1. The van der Waals surface area contributed by atoms with Crippen molar-refractivity contribution in [1.29, 1.82) is 5.26 Å². The van der Waals surface area contributed by atoms with Gasteiger partial charge in [-0.25, -0.2) is 27.5 Å². The number of hydrogen-bond acceptors (Lipinski definition) is 5. The molecule has 1 saturated carbocycles. The smallest absolute Gasteiger partial charge is 0.243 e. The zero-order valence-electron chi connectivity index (χ0n) is 16.8. The highest BCUT2D eigenvalue weighted by molar-refractivity contribution is 7.89. The van der Waals surface area contributed by atoms with Gasteiger partial charge in [-0.15, -0.1) is 0 Å². The van der Waals surface area contributed by atoms with Crippen LogP contribution in [0.2, 0.25) is 0 Å². The Bertz CT molecular complexity index is 1240. The number of nitrogens with zero attached hydrogens (tertiary/aromatic N) is 4. The van der Waals surface area contributed by atoms with Crippen LogP contribution in [-0.4, -0.2) is 29.0 Å². The second kappa shape index (κ2) is 7.78. The Labute approximate surface area is 174 Å². The molecule has 1 N–H and O–H groups in total. The molecular weight excluding hydrogens is 405 g/mol. The van der Waals surface area contributed by atoms with Crippen LogP contribution in [0.25, 0.3) is 22.4 Å².